The Kier molecular flexibility index (Phi) is 7.21. The van der Waals surface area contributed by atoms with Crippen LogP contribution in [0.1, 0.15) is 49.2 Å². The molecular weight excluding hydrogens is 406 g/mol. The summed E-state index contributed by atoms with van der Waals surface area (Å²) in [4.78, 5) is 33.0. The molecular formula is C25H31N3O2S. The number of hydrogen-bond acceptors (Lipinski definition) is 4. The highest BCUT2D eigenvalue weighted by atomic mass is 32.2. The van der Waals surface area contributed by atoms with E-state index in [0.717, 1.165) is 16.9 Å². The fraction of sp³-hybridized carbons (Fsp3) is 0.400. The molecule has 1 aliphatic rings. The fourth-order valence-electron chi connectivity index (χ4n) is 3.46. The predicted molar refractivity (Wildman–Crippen MR) is 128 cm³/mol. The van der Waals surface area contributed by atoms with Crippen LogP contribution in [0, 0.1) is 12.8 Å². The molecule has 164 valence electrons. The summed E-state index contributed by atoms with van der Waals surface area (Å²) in [5.74, 6) is 0.360. The van der Waals surface area contributed by atoms with Crippen molar-refractivity contribution in [3.63, 3.8) is 0 Å². The van der Waals surface area contributed by atoms with Gasteiger partial charge in [0.2, 0.25) is 0 Å². The molecule has 6 heteroatoms. The summed E-state index contributed by atoms with van der Waals surface area (Å²) in [6, 6.07) is 16.7. The summed E-state index contributed by atoms with van der Waals surface area (Å²) in [5.41, 5.74) is 2.36. The quantitative estimate of drug-likeness (QED) is 0.715. The zero-order chi connectivity index (χ0) is 22.6. The molecule has 2 aromatic rings. The number of nitrogens with zero attached hydrogens (tertiary/aromatic N) is 2. The Bertz CT molecular complexity index is 952. The first kappa shape index (κ1) is 23.1. The summed E-state index contributed by atoms with van der Waals surface area (Å²) in [6.07, 6.45) is 0. The number of aryl methyl sites for hydroxylation is 1. The molecule has 1 N–H and O–H groups in total. The van der Waals surface area contributed by atoms with Crippen molar-refractivity contribution in [1.82, 2.24) is 10.2 Å². The van der Waals surface area contributed by atoms with Crippen molar-refractivity contribution < 1.29 is 9.59 Å². The Balaban J connectivity index is 1.82. The third-order valence-electron chi connectivity index (χ3n) is 5.34. The molecule has 31 heavy (non-hydrogen) atoms. The van der Waals surface area contributed by atoms with Gasteiger partial charge in [-0.25, -0.2) is 0 Å². The number of nitrogens with one attached hydrogen (secondary N) is 1. The van der Waals surface area contributed by atoms with Crippen LogP contribution < -0.4 is 5.32 Å². The maximum Gasteiger partial charge on any atom is 0.251 e. The van der Waals surface area contributed by atoms with E-state index >= 15 is 0 Å². The minimum Gasteiger partial charge on any atom is -0.340 e. The van der Waals surface area contributed by atoms with E-state index in [2.05, 4.69) is 5.32 Å². The van der Waals surface area contributed by atoms with Gasteiger partial charge in [-0.2, -0.15) is 0 Å². The summed E-state index contributed by atoms with van der Waals surface area (Å²) in [7, 11) is 0. The topological polar surface area (TPSA) is 61.8 Å². The van der Waals surface area contributed by atoms with Crippen molar-refractivity contribution >= 4 is 28.7 Å². The van der Waals surface area contributed by atoms with Gasteiger partial charge in [-0.15, -0.1) is 0 Å². The van der Waals surface area contributed by atoms with Crippen LogP contribution in [0.3, 0.4) is 0 Å². The number of amidine groups is 1. The zero-order valence-corrected chi connectivity index (χ0v) is 19.7. The number of carbonyl (C=O) groups is 2. The number of carbonyl (C=O) groups excluding carboxylic acids is 2. The molecule has 5 nitrogen and oxygen atoms in total. The second-order valence-corrected chi connectivity index (χ2v) is 9.86. The van der Waals surface area contributed by atoms with E-state index < -0.39 is 6.04 Å². The second kappa shape index (κ2) is 9.69. The van der Waals surface area contributed by atoms with E-state index in [-0.39, 0.29) is 23.3 Å². The highest BCUT2D eigenvalue weighted by Gasteiger charge is 2.44. The van der Waals surface area contributed by atoms with Gasteiger partial charge < -0.3 is 5.32 Å². The number of benzene rings is 2. The SMILES string of the molecule is Cc1ccc(C(=O)N[C@H](C(=O)N2C(=NCc3ccccc3)SCC2(C)C)C(C)C)cc1. The predicted octanol–water partition coefficient (Wildman–Crippen LogP) is 4.66. The molecule has 1 heterocycles. The fourth-order valence-corrected chi connectivity index (χ4v) is 4.70. The average Bonchev–Trinajstić information content (AvgIpc) is 3.05. The lowest BCUT2D eigenvalue weighted by atomic mass is 9.98. The molecule has 1 saturated heterocycles. The molecule has 1 atom stereocenters. The number of amides is 2. The maximum absolute atomic E-state index is 13.7. The molecule has 0 saturated carbocycles. The van der Waals surface area contributed by atoms with Gasteiger partial charge >= 0.3 is 0 Å². The van der Waals surface area contributed by atoms with Crippen LogP contribution in [0.5, 0.6) is 0 Å². The van der Waals surface area contributed by atoms with E-state index in [9.17, 15) is 9.59 Å². The van der Waals surface area contributed by atoms with Crippen molar-refractivity contribution in [3.05, 3.63) is 71.3 Å². The molecule has 0 spiro atoms. The first-order chi connectivity index (χ1) is 14.7. The summed E-state index contributed by atoms with van der Waals surface area (Å²) in [5, 5.41) is 3.68. The van der Waals surface area contributed by atoms with Crippen LogP contribution >= 0.6 is 11.8 Å². The van der Waals surface area contributed by atoms with Crippen molar-refractivity contribution in [1.29, 1.82) is 0 Å². The molecule has 1 aliphatic heterocycles. The smallest absolute Gasteiger partial charge is 0.251 e. The van der Waals surface area contributed by atoms with Crippen LogP contribution in [0.15, 0.2) is 59.6 Å². The van der Waals surface area contributed by atoms with Gasteiger partial charge in [-0.05, 0) is 44.4 Å². The Morgan fingerprint density at radius 3 is 2.35 bits per heavy atom. The van der Waals surface area contributed by atoms with Gasteiger partial charge in [-0.1, -0.05) is 73.6 Å². The molecule has 0 aromatic heterocycles. The monoisotopic (exact) mass is 437 g/mol. The highest BCUT2D eigenvalue weighted by Crippen LogP contribution is 2.34. The largest absolute Gasteiger partial charge is 0.340 e. The van der Waals surface area contributed by atoms with Gasteiger partial charge in [0.1, 0.15) is 6.04 Å². The Morgan fingerprint density at radius 2 is 1.74 bits per heavy atom. The third-order valence-corrected chi connectivity index (χ3v) is 6.76. The first-order valence-corrected chi connectivity index (χ1v) is 11.6. The van der Waals surface area contributed by atoms with Crippen LogP contribution in [-0.2, 0) is 11.3 Å². The standard InChI is InChI=1S/C25H31N3O2S/c1-17(2)21(27-22(29)20-13-11-18(3)12-14-20)23(30)28-24(31-16-25(28,4)5)26-15-19-9-7-6-8-10-19/h6-14,17,21H,15-16H2,1-5H3,(H,27,29)/t21-/m0/s1. The Hall–Kier alpha value is -2.60. The van der Waals surface area contributed by atoms with Crippen LogP contribution in [0.25, 0.3) is 0 Å². The minimum absolute atomic E-state index is 0.0568. The van der Waals surface area contributed by atoms with E-state index in [4.69, 9.17) is 4.99 Å². The van der Waals surface area contributed by atoms with Gasteiger partial charge in [0.25, 0.3) is 11.8 Å². The van der Waals surface area contributed by atoms with Crippen LogP contribution in [0.2, 0.25) is 0 Å². The molecule has 1 fully saturated rings. The maximum atomic E-state index is 13.7. The molecule has 0 bridgehead atoms. The number of rotatable bonds is 6. The van der Waals surface area contributed by atoms with Crippen molar-refractivity contribution in [2.45, 2.75) is 52.7 Å². The van der Waals surface area contributed by atoms with Crippen molar-refractivity contribution in [2.24, 2.45) is 10.9 Å². The van der Waals surface area contributed by atoms with Crippen LogP contribution in [0.4, 0.5) is 0 Å². The molecule has 2 amide bonds. The van der Waals surface area contributed by atoms with E-state index in [0.29, 0.717) is 17.3 Å². The number of hydrogen-bond donors (Lipinski definition) is 1. The lowest BCUT2D eigenvalue weighted by Crippen LogP contribution is -2.56. The normalized spacial score (nSPS) is 17.7. The lowest BCUT2D eigenvalue weighted by Gasteiger charge is -2.35. The molecule has 3 rings (SSSR count). The summed E-state index contributed by atoms with van der Waals surface area (Å²) >= 11 is 1.59. The minimum atomic E-state index is -0.631. The van der Waals surface area contributed by atoms with Gasteiger partial charge in [0, 0.05) is 11.3 Å². The third kappa shape index (κ3) is 5.56. The lowest BCUT2D eigenvalue weighted by molar-refractivity contribution is -0.133. The summed E-state index contributed by atoms with van der Waals surface area (Å²) < 4.78 is 0. The van der Waals surface area contributed by atoms with E-state index in [1.54, 1.807) is 28.8 Å². The van der Waals surface area contributed by atoms with Gasteiger partial charge in [0.05, 0.1) is 12.1 Å². The molecule has 0 radical (unpaired) electrons. The van der Waals surface area contributed by atoms with Gasteiger partial charge in [-0.3, -0.25) is 19.5 Å². The average molecular weight is 438 g/mol. The highest BCUT2D eigenvalue weighted by molar-refractivity contribution is 8.14. The van der Waals surface area contributed by atoms with Crippen molar-refractivity contribution in [2.75, 3.05) is 5.75 Å². The molecule has 0 aliphatic carbocycles. The van der Waals surface area contributed by atoms with Crippen LogP contribution in [-0.4, -0.2) is 39.2 Å². The number of aliphatic imine (C=N–C) groups is 1. The Labute approximate surface area is 189 Å². The first-order valence-electron chi connectivity index (χ1n) is 10.6. The van der Waals surface area contributed by atoms with Gasteiger partial charge in [0.15, 0.2) is 5.17 Å². The summed E-state index contributed by atoms with van der Waals surface area (Å²) in [6.45, 7) is 10.5. The molecule has 2 aromatic carbocycles. The number of thioether (sulfide) groups is 1. The second-order valence-electron chi connectivity index (χ2n) is 8.92. The Morgan fingerprint density at radius 1 is 1.10 bits per heavy atom. The van der Waals surface area contributed by atoms with E-state index in [1.165, 1.54) is 0 Å². The molecule has 0 unspecified atom stereocenters. The van der Waals surface area contributed by atoms with Crippen molar-refractivity contribution in [3.8, 4) is 0 Å². The van der Waals surface area contributed by atoms with E-state index in [1.807, 2.05) is 77.1 Å². The zero-order valence-electron chi connectivity index (χ0n) is 18.9.